The minimum atomic E-state index is -0.212. The van der Waals surface area contributed by atoms with Crippen LogP contribution in [0.2, 0.25) is 0 Å². The third-order valence-corrected chi connectivity index (χ3v) is 12.5. The highest BCUT2D eigenvalue weighted by Gasteiger charge is 2.47. The first kappa shape index (κ1) is 42.8. The predicted octanol–water partition coefficient (Wildman–Crippen LogP) is 10.3. The number of benzene rings is 1. The van der Waals surface area contributed by atoms with E-state index in [2.05, 4.69) is 105 Å². The van der Waals surface area contributed by atoms with Crippen LogP contribution in [0.25, 0.3) is 28.0 Å². The van der Waals surface area contributed by atoms with Crippen molar-refractivity contribution in [2.45, 2.75) is 124 Å². The molecule has 2 aliphatic carbocycles. The molecule has 8 rings (SSSR count). The number of aromatic nitrogens is 7. The molecular formula is C47H67FN10. The summed E-state index contributed by atoms with van der Waals surface area (Å²) < 4.78 is 20.0. The Bertz CT molecular complexity index is 2220. The number of anilines is 2. The molecule has 3 aromatic heterocycles. The first-order chi connectivity index (χ1) is 28.0. The summed E-state index contributed by atoms with van der Waals surface area (Å²) in [5.41, 5.74) is 8.07. The number of imidazole rings is 1. The van der Waals surface area contributed by atoms with Crippen molar-refractivity contribution in [3.8, 4) is 11.3 Å². The molecule has 3 atom stereocenters. The number of nitrogens with zero attached hydrogens (tertiary/aromatic N) is 9. The van der Waals surface area contributed by atoms with Gasteiger partial charge in [0.15, 0.2) is 0 Å². The molecule has 2 fully saturated rings. The van der Waals surface area contributed by atoms with E-state index in [9.17, 15) is 0 Å². The van der Waals surface area contributed by atoms with Crippen LogP contribution < -0.4 is 10.2 Å². The number of nitrogens with one attached hydrogen (secondary N) is 1. The molecule has 1 N–H and O–H groups in total. The van der Waals surface area contributed by atoms with E-state index in [1.807, 2.05) is 38.7 Å². The van der Waals surface area contributed by atoms with Gasteiger partial charge in [-0.2, -0.15) is 9.90 Å². The van der Waals surface area contributed by atoms with Gasteiger partial charge in [-0.25, -0.2) is 19.3 Å². The van der Waals surface area contributed by atoms with Crippen molar-refractivity contribution >= 4 is 28.4 Å². The Kier molecular flexibility index (Phi) is 13.3. The molecule has 10 nitrogen and oxygen atoms in total. The first-order valence-electron chi connectivity index (χ1n) is 21.6. The quantitative estimate of drug-likeness (QED) is 0.202. The number of pyridine rings is 1. The molecule has 3 unspecified atom stereocenters. The lowest BCUT2D eigenvalue weighted by Gasteiger charge is -2.32. The number of halogens is 1. The topological polar surface area (TPSA) is 84.9 Å². The van der Waals surface area contributed by atoms with Gasteiger partial charge in [-0.05, 0) is 115 Å². The molecule has 4 bridgehead atoms. The SMILES string of the molecule is C=C.CC.CCC1CN(C)CC2CC(CN2c2nc(C3(CC)CC3)n(C)n(C3=C(F)C=C(C)CC3)ncc2C)Nc2cccc(n2)-c2cc(C)cc3nc(C)n(c23)C1. The molecule has 312 valence electrons. The zero-order valence-corrected chi connectivity index (χ0v) is 36.9. The molecule has 0 spiro atoms. The normalized spacial score (nSPS) is 21.4. The van der Waals surface area contributed by atoms with E-state index in [1.165, 1.54) is 11.1 Å². The fourth-order valence-electron chi connectivity index (χ4n) is 9.24. The summed E-state index contributed by atoms with van der Waals surface area (Å²) in [5, 5.41) is 8.86. The van der Waals surface area contributed by atoms with Gasteiger partial charge in [0.1, 0.15) is 29.1 Å². The van der Waals surface area contributed by atoms with Crippen LogP contribution in [0, 0.1) is 26.7 Å². The van der Waals surface area contributed by atoms with Crippen molar-refractivity contribution in [3.63, 3.8) is 0 Å². The molecule has 5 heterocycles. The number of hydrogen-bond acceptors (Lipinski definition) is 7. The Morgan fingerprint density at radius 1 is 0.931 bits per heavy atom. The average molecular weight is 791 g/mol. The lowest BCUT2D eigenvalue weighted by atomic mass is 10.0. The predicted molar refractivity (Wildman–Crippen MR) is 239 cm³/mol. The summed E-state index contributed by atoms with van der Waals surface area (Å²) in [7, 11) is 4.29. The Hall–Kier alpha value is -4.77. The van der Waals surface area contributed by atoms with E-state index in [0.29, 0.717) is 18.0 Å². The van der Waals surface area contributed by atoms with E-state index >= 15 is 4.39 Å². The number of likely N-dealkylation sites (N-methyl/N-ethyl adjacent to an activating group) is 1. The van der Waals surface area contributed by atoms with Gasteiger partial charge in [0.05, 0.1) is 28.6 Å². The van der Waals surface area contributed by atoms with E-state index in [0.717, 1.165) is 116 Å². The summed E-state index contributed by atoms with van der Waals surface area (Å²) in [4.78, 5) is 22.8. The van der Waals surface area contributed by atoms with Gasteiger partial charge in [0.2, 0.25) is 0 Å². The maximum absolute atomic E-state index is 15.5. The summed E-state index contributed by atoms with van der Waals surface area (Å²) >= 11 is 0. The summed E-state index contributed by atoms with van der Waals surface area (Å²) in [6.07, 6.45) is 10.1. The summed E-state index contributed by atoms with van der Waals surface area (Å²) in [5.74, 6) is 4.10. The van der Waals surface area contributed by atoms with Crippen LogP contribution in [0.3, 0.4) is 0 Å². The highest BCUT2D eigenvalue weighted by atomic mass is 19.1. The lowest BCUT2D eigenvalue weighted by molar-refractivity contribution is 0.241. The standard InChI is InChI=1S/C43H57FN10.C2H6.C2H4/c1-9-31-23-50(7)26-33-21-32(47-39-13-11-12-36(48-39)34-18-28(4)20-37-40(34)52(24-31)30(6)46-37)25-53(33)41-29(5)22-45-54(38-15-14-27(3)19-35(38)44)51(8)42(49-41)43(10-2)16-17-43;2*1-2/h11-13,18-20,22,31-33H,9-10,14-17,21,23-26H2,1-8H3,(H,47,48);1-2H3;1-2H2. The Morgan fingerprint density at radius 3 is 2.38 bits per heavy atom. The number of rotatable bonds is 5. The van der Waals surface area contributed by atoms with Gasteiger partial charge >= 0.3 is 0 Å². The summed E-state index contributed by atoms with van der Waals surface area (Å²) in [6, 6.07) is 11.2. The molecular weight excluding hydrogens is 724 g/mol. The molecule has 4 aliphatic rings. The van der Waals surface area contributed by atoms with Gasteiger partial charge in [-0.3, -0.25) is 4.68 Å². The maximum Gasteiger partial charge on any atom is 0.146 e. The second kappa shape index (κ2) is 18.0. The molecule has 1 saturated carbocycles. The van der Waals surface area contributed by atoms with Crippen LogP contribution in [0.15, 0.2) is 67.2 Å². The van der Waals surface area contributed by atoms with Crippen molar-refractivity contribution in [2.75, 3.05) is 36.9 Å². The van der Waals surface area contributed by atoms with Crippen LogP contribution in [-0.2, 0) is 19.0 Å². The Morgan fingerprint density at radius 2 is 1.69 bits per heavy atom. The minimum absolute atomic E-state index is 0.0511. The fourth-order valence-corrected chi connectivity index (χ4v) is 9.24. The van der Waals surface area contributed by atoms with Crippen molar-refractivity contribution in [2.24, 2.45) is 13.0 Å². The second-order valence-electron chi connectivity index (χ2n) is 16.7. The fraction of sp³-hybridized carbons (Fsp3) is 0.532. The van der Waals surface area contributed by atoms with E-state index in [-0.39, 0.29) is 23.3 Å². The molecule has 1 aromatic carbocycles. The third kappa shape index (κ3) is 8.51. The van der Waals surface area contributed by atoms with Gasteiger partial charge < -0.3 is 19.7 Å². The molecule has 0 radical (unpaired) electrons. The molecule has 4 aromatic rings. The van der Waals surface area contributed by atoms with Crippen molar-refractivity contribution in [1.29, 1.82) is 0 Å². The Labute approximate surface area is 346 Å². The van der Waals surface area contributed by atoms with Gasteiger partial charge in [0, 0.05) is 61.9 Å². The third-order valence-electron chi connectivity index (χ3n) is 12.5. The van der Waals surface area contributed by atoms with Crippen LogP contribution >= 0.6 is 0 Å². The number of hydrogen-bond donors (Lipinski definition) is 1. The smallest absolute Gasteiger partial charge is 0.146 e. The summed E-state index contributed by atoms with van der Waals surface area (Å²) in [6.45, 7) is 26.5. The van der Waals surface area contributed by atoms with Crippen LogP contribution in [0.5, 0.6) is 0 Å². The van der Waals surface area contributed by atoms with Crippen LogP contribution in [0.4, 0.5) is 16.0 Å². The molecule has 11 heteroatoms. The molecule has 1 saturated heterocycles. The first-order valence-corrected chi connectivity index (χ1v) is 21.6. The van der Waals surface area contributed by atoms with Crippen molar-refractivity contribution in [1.82, 2.24) is 39.0 Å². The molecule has 2 aliphatic heterocycles. The van der Waals surface area contributed by atoms with Crippen molar-refractivity contribution < 1.29 is 4.39 Å². The van der Waals surface area contributed by atoms with E-state index in [4.69, 9.17) is 20.1 Å². The van der Waals surface area contributed by atoms with Crippen molar-refractivity contribution in [3.05, 3.63) is 89.9 Å². The van der Waals surface area contributed by atoms with Gasteiger partial charge in [-0.15, -0.1) is 13.2 Å². The second-order valence-corrected chi connectivity index (χ2v) is 16.7. The highest BCUT2D eigenvalue weighted by molar-refractivity contribution is 5.92. The molecule has 0 amide bonds. The monoisotopic (exact) mass is 791 g/mol. The Balaban J connectivity index is 0.00000138. The average Bonchev–Trinajstić information content (AvgIpc) is 3.82. The number of fused-ring (bicyclic) bond motifs is 5. The highest BCUT2D eigenvalue weighted by Crippen LogP contribution is 2.50. The number of allylic oxidation sites excluding steroid dienone is 4. The zero-order chi connectivity index (χ0) is 41.9. The van der Waals surface area contributed by atoms with E-state index in [1.54, 1.807) is 10.9 Å². The van der Waals surface area contributed by atoms with Crippen LogP contribution in [0.1, 0.15) is 102 Å². The zero-order valence-electron chi connectivity index (χ0n) is 36.9. The van der Waals surface area contributed by atoms with Crippen LogP contribution in [-0.4, -0.2) is 77.8 Å². The molecule has 58 heavy (non-hydrogen) atoms. The lowest BCUT2D eigenvalue weighted by Crippen LogP contribution is -2.42. The van der Waals surface area contributed by atoms with Gasteiger partial charge in [-0.1, -0.05) is 45.8 Å². The maximum atomic E-state index is 15.5. The van der Waals surface area contributed by atoms with E-state index < -0.39 is 0 Å². The number of aryl methyl sites for hydroxylation is 3. The minimum Gasteiger partial charge on any atom is -0.365 e. The largest absolute Gasteiger partial charge is 0.365 e. The van der Waals surface area contributed by atoms with Gasteiger partial charge in [0.25, 0.3) is 0 Å².